The number of carbonyl (C=O) groups is 2. The minimum atomic E-state index is -0.544. The van der Waals surface area contributed by atoms with Crippen molar-refractivity contribution in [2.75, 3.05) is 0 Å². The molecular formula is C15H11NO4. The summed E-state index contributed by atoms with van der Waals surface area (Å²) in [5, 5.41) is 2.24. The number of fused-ring (bicyclic) bond motifs is 1. The van der Waals surface area contributed by atoms with Crippen LogP contribution in [0.25, 0.3) is 0 Å². The van der Waals surface area contributed by atoms with Gasteiger partial charge in [-0.05, 0) is 17.5 Å². The van der Waals surface area contributed by atoms with E-state index in [4.69, 9.17) is 4.42 Å². The number of hydrogen-bond acceptors (Lipinski definition) is 4. The second kappa shape index (κ2) is 4.77. The van der Waals surface area contributed by atoms with Crippen LogP contribution >= 0.6 is 0 Å². The number of benzene rings is 1. The summed E-state index contributed by atoms with van der Waals surface area (Å²) < 4.78 is 4.98. The van der Waals surface area contributed by atoms with Crippen molar-refractivity contribution in [2.24, 2.45) is 0 Å². The molecule has 0 saturated carbocycles. The molecule has 1 aromatic carbocycles. The van der Waals surface area contributed by atoms with Gasteiger partial charge in [-0.2, -0.15) is 0 Å². The van der Waals surface area contributed by atoms with Crippen LogP contribution < -0.4 is 10.9 Å². The summed E-state index contributed by atoms with van der Waals surface area (Å²) in [6.07, 6.45) is 0.356. The second-order valence-corrected chi connectivity index (χ2v) is 4.61. The van der Waals surface area contributed by atoms with Gasteiger partial charge in [0.25, 0.3) is 5.91 Å². The van der Waals surface area contributed by atoms with Gasteiger partial charge >= 0.3 is 5.63 Å². The normalized spacial score (nSPS) is 13.8. The zero-order valence-corrected chi connectivity index (χ0v) is 10.5. The van der Waals surface area contributed by atoms with Gasteiger partial charge in [0.2, 0.25) is 5.91 Å². The fourth-order valence-electron chi connectivity index (χ4n) is 2.33. The second-order valence-electron chi connectivity index (χ2n) is 4.61. The maximum Gasteiger partial charge on any atom is 0.336 e. The Morgan fingerprint density at radius 3 is 2.60 bits per heavy atom. The summed E-state index contributed by atoms with van der Waals surface area (Å²) in [6, 6.07) is 10.8. The molecule has 2 aromatic rings. The highest BCUT2D eigenvalue weighted by Gasteiger charge is 2.28. The third kappa shape index (κ3) is 2.25. The smallest absolute Gasteiger partial charge is 0.336 e. The van der Waals surface area contributed by atoms with E-state index in [1.165, 1.54) is 6.07 Å². The maximum absolute atomic E-state index is 11.9. The molecule has 1 aliphatic heterocycles. The fraction of sp³-hybridized carbons (Fsp3) is 0.133. The van der Waals surface area contributed by atoms with Gasteiger partial charge < -0.3 is 4.42 Å². The van der Waals surface area contributed by atoms with E-state index in [0.717, 1.165) is 5.56 Å². The van der Waals surface area contributed by atoms with Crippen molar-refractivity contribution in [3.63, 3.8) is 0 Å². The standard InChI is InChI=1S/C15H11NO4/c17-12-8-11-14(15(19)16-12)10(7-13(18)20-11)6-9-4-2-1-3-5-9/h1-5,7H,6,8H2,(H,16,17,19). The molecule has 0 bridgehead atoms. The van der Waals surface area contributed by atoms with Crippen molar-refractivity contribution in [3.05, 3.63) is 69.3 Å². The first-order valence-electron chi connectivity index (χ1n) is 6.17. The summed E-state index contributed by atoms with van der Waals surface area (Å²) in [5.41, 5.74) is 1.31. The van der Waals surface area contributed by atoms with Gasteiger partial charge in [-0.25, -0.2) is 4.79 Å². The van der Waals surface area contributed by atoms with E-state index in [9.17, 15) is 14.4 Å². The molecule has 1 aliphatic rings. The lowest BCUT2D eigenvalue weighted by Crippen LogP contribution is -2.38. The van der Waals surface area contributed by atoms with E-state index < -0.39 is 17.4 Å². The lowest BCUT2D eigenvalue weighted by Gasteiger charge is -2.16. The summed E-state index contributed by atoms with van der Waals surface area (Å²) >= 11 is 0. The van der Waals surface area contributed by atoms with Gasteiger partial charge in [0.15, 0.2) is 0 Å². The van der Waals surface area contributed by atoms with Crippen molar-refractivity contribution < 1.29 is 14.0 Å². The molecule has 20 heavy (non-hydrogen) atoms. The predicted molar refractivity (Wildman–Crippen MR) is 70.4 cm³/mol. The van der Waals surface area contributed by atoms with Gasteiger partial charge in [0.1, 0.15) is 5.76 Å². The fourth-order valence-corrected chi connectivity index (χ4v) is 2.33. The summed E-state index contributed by atoms with van der Waals surface area (Å²) in [4.78, 5) is 34.8. The third-order valence-electron chi connectivity index (χ3n) is 3.15. The van der Waals surface area contributed by atoms with Gasteiger partial charge in [-0.3, -0.25) is 14.9 Å². The van der Waals surface area contributed by atoms with E-state index in [-0.39, 0.29) is 12.2 Å². The minimum absolute atomic E-state index is 0.0844. The van der Waals surface area contributed by atoms with Crippen molar-refractivity contribution in [1.82, 2.24) is 5.32 Å². The molecule has 0 fully saturated rings. The highest BCUT2D eigenvalue weighted by atomic mass is 16.4. The zero-order chi connectivity index (χ0) is 14.1. The monoisotopic (exact) mass is 269 g/mol. The molecule has 0 aliphatic carbocycles. The van der Waals surface area contributed by atoms with Gasteiger partial charge in [0.05, 0.1) is 12.0 Å². The number of imide groups is 1. The molecule has 5 heteroatoms. The van der Waals surface area contributed by atoms with Crippen LogP contribution in [0.1, 0.15) is 27.2 Å². The Balaban J connectivity index is 2.10. The number of rotatable bonds is 2. The molecular weight excluding hydrogens is 258 g/mol. The largest absolute Gasteiger partial charge is 0.426 e. The molecule has 2 amide bonds. The molecule has 0 radical (unpaired) electrons. The highest BCUT2D eigenvalue weighted by Crippen LogP contribution is 2.20. The number of hydrogen-bond donors (Lipinski definition) is 1. The lowest BCUT2D eigenvalue weighted by atomic mass is 9.96. The van der Waals surface area contributed by atoms with E-state index in [2.05, 4.69) is 5.32 Å². The Morgan fingerprint density at radius 1 is 1.10 bits per heavy atom. The van der Waals surface area contributed by atoms with Gasteiger partial charge in [-0.15, -0.1) is 0 Å². The van der Waals surface area contributed by atoms with Crippen LogP contribution in [0.5, 0.6) is 0 Å². The summed E-state index contributed by atoms with van der Waals surface area (Å²) in [5.74, 6) is -0.814. The van der Waals surface area contributed by atoms with Gasteiger partial charge in [0, 0.05) is 6.07 Å². The molecule has 1 aromatic heterocycles. The average molecular weight is 269 g/mol. The third-order valence-corrected chi connectivity index (χ3v) is 3.15. The Morgan fingerprint density at radius 2 is 1.85 bits per heavy atom. The Hall–Kier alpha value is -2.69. The lowest BCUT2D eigenvalue weighted by molar-refractivity contribution is -0.120. The SMILES string of the molecule is O=C1Cc2oc(=O)cc(Cc3ccccc3)c2C(=O)N1. The van der Waals surface area contributed by atoms with E-state index in [1.54, 1.807) is 0 Å². The van der Waals surface area contributed by atoms with Crippen molar-refractivity contribution in [1.29, 1.82) is 0 Å². The van der Waals surface area contributed by atoms with Crippen molar-refractivity contribution in [2.45, 2.75) is 12.8 Å². The van der Waals surface area contributed by atoms with Crippen LogP contribution in [0.3, 0.4) is 0 Å². The first-order valence-corrected chi connectivity index (χ1v) is 6.17. The van der Waals surface area contributed by atoms with Crippen LogP contribution in [0, 0.1) is 0 Å². The Kier molecular flexibility index (Phi) is 2.95. The molecule has 0 unspecified atom stereocenters. The van der Waals surface area contributed by atoms with Gasteiger partial charge in [-0.1, -0.05) is 30.3 Å². The van der Waals surface area contributed by atoms with E-state index >= 15 is 0 Å². The first kappa shape index (κ1) is 12.3. The summed E-state index contributed by atoms with van der Waals surface area (Å²) in [6.45, 7) is 0. The van der Waals surface area contributed by atoms with Crippen molar-refractivity contribution >= 4 is 11.8 Å². The van der Waals surface area contributed by atoms with E-state index in [1.807, 2.05) is 30.3 Å². The van der Waals surface area contributed by atoms with Crippen LogP contribution in [-0.4, -0.2) is 11.8 Å². The number of carbonyl (C=O) groups excluding carboxylic acids is 2. The Labute approximate surface area is 114 Å². The van der Waals surface area contributed by atoms with Crippen LogP contribution in [0.15, 0.2) is 45.6 Å². The average Bonchev–Trinajstić information content (AvgIpc) is 2.38. The molecule has 2 heterocycles. The minimum Gasteiger partial charge on any atom is -0.426 e. The maximum atomic E-state index is 11.9. The van der Waals surface area contributed by atoms with Crippen LogP contribution in [0.4, 0.5) is 0 Å². The predicted octanol–water partition coefficient (Wildman–Crippen LogP) is 1.04. The molecule has 0 atom stereocenters. The number of amides is 2. The zero-order valence-electron chi connectivity index (χ0n) is 10.5. The highest BCUT2D eigenvalue weighted by molar-refractivity contribution is 6.09. The van der Waals surface area contributed by atoms with Crippen LogP contribution in [-0.2, 0) is 17.6 Å². The quantitative estimate of drug-likeness (QED) is 0.826. The van der Waals surface area contributed by atoms with Crippen LogP contribution in [0.2, 0.25) is 0 Å². The summed E-state index contributed by atoms with van der Waals surface area (Å²) in [7, 11) is 0. The molecule has 0 spiro atoms. The molecule has 100 valence electrons. The van der Waals surface area contributed by atoms with E-state index in [0.29, 0.717) is 17.5 Å². The molecule has 0 saturated heterocycles. The Bertz CT molecular complexity index is 746. The first-order chi connectivity index (χ1) is 9.63. The molecule has 1 N–H and O–H groups in total. The number of nitrogens with one attached hydrogen (secondary N) is 1. The molecule has 3 rings (SSSR count). The van der Waals surface area contributed by atoms with Crippen molar-refractivity contribution in [3.8, 4) is 0 Å². The molecule has 5 nitrogen and oxygen atoms in total. The topological polar surface area (TPSA) is 76.4 Å².